The normalized spacial score (nSPS) is 9.90. The van der Waals surface area contributed by atoms with E-state index in [-0.39, 0.29) is 10.0 Å². The molecule has 0 saturated heterocycles. The van der Waals surface area contributed by atoms with Crippen LogP contribution in [0.25, 0.3) is 0 Å². The third kappa shape index (κ3) is 2.74. The Labute approximate surface area is 124 Å². The Morgan fingerprint density at radius 2 is 2.30 bits per heavy atom. The van der Waals surface area contributed by atoms with Crippen LogP contribution in [0.3, 0.4) is 0 Å². The number of anilines is 2. The van der Waals surface area contributed by atoms with Crippen LogP contribution in [0.2, 0.25) is 5.15 Å². The van der Waals surface area contributed by atoms with Gasteiger partial charge in [-0.15, -0.1) is 0 Å². The molecule has 0 aliphatic carbocycles. The van der Waals surface area contributed by atoms with Gasteiger partial charge in [0.15, 0.2) is 15.2 Å². The predicted molar refractivity (Wildman–Crippen MR) is 77.6 cm³/mol. The minimum absolute atomic E-state index is 0.0792. The second-order valence-corrected chi connectivity index (χ2v) is 5.22. The maximum Gasteiger partial charge on any atom is 0.351 e. The summed E-state index contributed by atoms with van der Waals surface area (Å²) in [6, 6.07) is 7.57. The van der Waals surface area contributed by atoms with Crippen molar-refractivity contribution in [3.63, 3.8) is 0 Å². The Balaban J connectivity index is 2.35. The Morgan fingerprint density at radius 1 is 1.55 bits per heavy atom. The highest BCUT2D eigenvalue weighted by molar-refractivity contribution is 7.18. The van der Waals surface area contributed by atoms with Crippen molar-refractivity contribution in [1.82, 2.24) is 4.98 Å². The van der Waals surface area contributed by atoms with Gasteiger partial charge in [0.05, 0.1) is 18.4 Å². The molecule has 1 heterocycles. The zero-order chi connectivity index (χ0) is 14.7. The summed E-state index contributed by atoms with van der Waals surface area (Å²) in [6.07, 6.45) is 0. The van der Waals surface area contributed by atoms with Crippen molar-refractivity contribution in [2.24, 2.45) is 0 Å². The fraction of sp³-hybridized carbons (Fsp3) is 0.154. The van der Waals surface area contributed by atoms with Gasteiger partial charge < -0.3 is 10.1 Å². The number of carbonyl (C=O) groups excluding carboxylic acids is 1. The number of nitrogens with one attached hydrogen (secondary N) is 1. The van der Waals surface area contributed by atoms with Crippen LogP contribution in [0.15, 0.2) is 18.2 Å². The Morgan fingerprint density at radius 3 is 2.95 bits per heavy atom. The first kappa shape index (κ1) is 14.3. The quantitative estimate of drug-likeness (QED) is 0.878. The molecule has 0 amide bonds. The molecule has 0 spiro atoms. The van der Waals surface area contributed by atoms with Crippen LogP contribution in [0.5, 0.6) is 0 Å². The third-order valence-electron chi connectivity index (χ3n) is 2.58. The zero-order valence-electron chi connectivity index (χ0n) is 10.7. The van der Waals surface area contributed by atoms with Gasteiger partial charge in [-0.05, 0) is 18.6 Å². The fourth-order valence-corrected chi connectivity index (χ4v) is 2.72. The molecule has 0 aliphatic heterocycles. The van der Waals surface area contributed by atoms with Crippen molar-refractivity contribution >= 4 is 39.7 Å². The fourth-order valence-electron chi connectivity index (χ4n) is 1.61. The number of hydrogen-bond acceptors (Lipinski definition) is 6. The number of ether oxygens (including phenoxy) is 1. The highest BCUT2D eigenvalue weighted by atomic mass is 35.5. The number of benzene rings is 1. The first-order chi connectivity index (χ1) is 9.56. The van der Waals surface area contributed by atoms with Gasteiger partial charge in [0, 0.05) is 0 Å². The van der Waals surface area contributed by atoms with Crippen molar-refractivity contribution in [2.45, 2.75) is 6.92 Å². The standard InChI is InChI=1S/C13H10ClN3O2S/c1-7-4-3-5-9(8(7)6-15)16-13-17-11(14)10(20-13)12(18)19-2/h3-5H,1-2H3,(H,16,17). The Hall–Kier alpha value is -2.10. The molecular weight excluding hydrogens is 298 g/mol. The number of nitrogens with zero attached hydrogens (tertiary/aromatic N) is 2. The van der Waals surface area contributed by atoms with Crippen LogP contribution in [-0.4, -0.2) is 18.1 Å². The second kappa shape index (κ2) is 5.90. The van der Waals surface area contributed by atoms with E-state index < -0.39 is 5.97 Å². The molecule has 0 bridgehead atoms. The first-order valence-corrected chi connectivity index (χ1v) is 6.77. The second-order valence-electron chi connectivity index (χ2n) is 3.86. The lowest BCUT2D eigenvalue weighted by molar-refractivity contribution is 0.0606. The van der Waals surface area contributed by atoms with Crippen molar-refractivity contribution in [3.05, 3.63) is 39.4 Å². The van der Waals surface area contributed by atoms with Crippen LogP contribution < -0.4 is 5.32 Å². The van der Waals surface area contributed by atoms with E-state index in [9.17, 15) is 4.79 Å². The lowest BCUT2D eigenvalue weighted by atomic mass is 10.1. The van der Waals surface area contributed by atoms with E-state index in [0.29, 0.717) is 16.4 Å². The maximum atomic E-state index is 11.5. The number of esters is 1. The largest absolute Gasteiger partial charge is 0.465 e. The number of hydrogen-bond donors (Lipinski definition) is 1. The van der Waals surface area contributed by atoms with Gasteiger partial charge in [0.1, 0.15) is 6.07 Å². The molecule has 0 radical (unpaired) electrons. The molecule has 2 rings (SSSR count). The zero-order valence-corrected chi connectivity index (χ0v) is 12.3. The average Bonchev–Trinajstić information content (AvgIpc) is 2.79. The lowest BCUT2D eigenvalue weighted by Gasteiger charge is -2.06. The number of carbonyl (C=O) groups is 1. The van der Waals surface area contributed by atoms with Gasteiger partial charge in [0.25, 0.3) is 0 Å². The van der Waals surface area contributed by atoms with Crippen molar-refractivity contribution in [3.8, 4) is 6.07 Å². The van der Waals surface area contributed by atoms with Crippen LogP contribution in [0, 0.1) is 18.3 Å². The van der Waals surface area contributed by atoms with Crippen molar-refractivity contribution < 1.29 is 9.53 Å². The topological polar surface area (TPSA) is 75.0 Å². The van der Waals surface area contributed by atoms with E-state index >= 15 is 0 Å². The average molecular weight is 308 g/mol. The number of rotatable bonds is 3. The van der Waals surface area contributed by atoms with Gasteiger partial charge in [-0.3, -0.25) is 0 Å². The van der Waals surface area contributed by atoms with E-state index in [1.807, 2.05) is 19.1 Å². The summed E-state index contributed by atoms with van der Waals surface area (Å²) in [5, 5.41) is 12.7. The van der Waals surface area contributed by atoms with Crippen molar-refractivity contribution in [2.75, 3.05) is 12.4 Å². The number of methoxy groups -OCH3 is 1. The molecule has 5 nitrogen and oxygen atoms in total. The summed E-state index contributed by atoms with van der Waals surface area (Å²) >= 11 is 6.96. The summed E-state index contributed by atoms with van der Waals surface area (Å²) < 4.78 is 4.61. The molecule has 20 heavy (non-hydrogen) atoms. The SMILES string of the molecule is COC(=O)c1sc(Nc2cccc(C)c2C#N)nc1Cl. The van der Waals surface area contributed by atoms with Gasteiger partial charge >= 0.3 is 5.97 Å². The number of halogens is 1. The predicted octanol–water partition coefficient (Wildman–Crippen LogP) is 3.51. The first-order valence-electron chi connectivity index (χ1n) is 5.58. The molecule has 0 aliphatic rings. The number of nitriles is 1. The number of thiazole rings is 1. The molecule has 1 aromatic carbocycles. The van der Waals surface area contributed by atoms with E-state index in [4.69, 9.17) is 16.9 Å². The van der Waals surface area contributed by atoms with Crippen molar-refractivity contribution in [1.29, 1.82) is 5.26 Å². The molecule has 102 valence electrons. The Bertz CT molecular complexity index is 706. The molecule has 2 aromatic rings. The van der Waals surface area contributed by atoms with Crippen LogP contribution in [-0.2, 0) is 4.74 Å². The molecule has 1 N–H and O–H groups in total. The molecule has 7 heteroatoms. The minimum atomic E-state index is -0.537. The summed E-state index contributed by atoms with van der Waals surface area (Å²) in [5.74, 6) is -0.537. The van der Waals surface area contributed by atoms with Gasteiger partial charge in [0.2, 0.25) is 0 Å². The van der Waals surface area contributed by atoms with E-state index in [0.717, 1.165) is 16.9 Å². The molecule has 0 saturated carbocycles. The molecule has 0 unspecified atom stereocenters. The maximum absolute atomic E-state index is 11.5. The third-order valence-corrected chi connectivity index (χ3v) is 3.92. The van der Waals surface area contributed by atoms with Crippen LogP contribution >= 0.6 is 22.9 Å². The lowest BCUT2D eigenvalue weighted by Crippen LogP contribution is -1.98. The highest BCUT2D eigenvalue weighted by Crippen LogP contribution is 2.31. The summed E-state index contributed by atoms with van der Waals surface area (Å²) in [7, 11) is 1.28. The smallest absolute Gasteiger partial charge is 0.351 e. The number of aromatic nitrogens is 1. The monoisotopic (exact) mass is 307 g/mol. The molecular formula is C13H10ClN3O2S. The van der Waals surface area contributed by atoms with Crippen LogP contribution in [0.1, 0.15) is 20.8 Å². The minimum Gasteiger partial charge on any atom is -0.465 e. The molecule has 1 aromatic heterocycles. The summed E-state index contributed by atoms with van der Waals surface area (Å²) in [6.45, 7) is 1.85. The van der Waals surface area contributed by atoms with Gasteiger partial charge in [-0.1, -0.05) is 35.1 Å². The van der Waals surface area contributed by atoms with E-state index in [1.165, 1.54) is 7.11 Å². The van der Waals surface area contributed by atoms with Crippen LogP contribution in [0.4, 0.5) is 10.8 Å². The van der Waals surface area contributed by atoms with Gasteiger partial charge in [-0.2, -0.15) is 5.26 Å². The summed E-state index contributed by atoms with van der Waals surface area (Å²) in [4.78, 5) is 15.7. The number of aryl methyl sites for hydroxylation is 1. The van der Waals surface area contributed by atoms with E-state index in [2.05, 4.69) is 21.1 Å². The van der Waals surface area contributed by atoms with E-state index in [1.54, 1.807) is 6.07 Å². The molecule has 0 fully saturated rings. The molecule has 0 atom stereocenters. The van der Waals surface area contributed by atoms with Gasteiger partial charge in [-0.25, -0.2) is 9.78 Å². The highest BCUT2D eigenvalue weighted by Gasteiger charge is 2.18. The summed E-state index contributed by atoms with van der Waals surface area (Å²) in [5.41, 5.74) is 2.00. The Kier molecular flexibility index (Phi) is 4.23.